The Hall–Kier alpha value is -0.610. The van der Waals surface area contributed by atoms with Crippen LogP contribution in [0.1, 0.15) is 19.8 Å². The molecule has 0 aliphatic carbocycles. The van der Waals surface area contributed by atoms with Crippen LogP contribution in [0.15, 0.2) is 0 Å². The number of piperidine rings is 1. The van der Waals surface area contributed by atoms with Crippen LogP contribution in [0.4, 0.5) is 0 Å². The number of rotatable bonds is 5. The van der Waals surface area contributed by atoms with E-state index in [9.17, 15) is 4.79 Å². The third-order valence-electron chi connectivity index (χ3n) is 3.21. The fourth-order valence-electron chi connectivity index (χ4n) is 2.04. The fraction of sp³-hybridized carbons (Fsp3) is 0.917. The third kappa shape index (κ3) is 5.47. The average molecular weight is 227 g/mol. The minimum absolute atomic E-state index is 0.0926. The van der Waals surface area contributed by atoms with Crippen molar-refractivity contribution in [2.75, 3.05) is 46.8 Å². The number of amides is 1. The molecular weight excluding hydrogens is 202 g/mol. The van der Waals surface area contributed by atoms with Crippen molar-refractivity contribution in [3.05, 3.63) is 0 Å². The molecule has 1 rings (SSSR count). The van der Waals surface area contributed by atoms with Crippen molar-refractivity contribution < 1.29 is 4.79 Å². The number of likely N-dealkylation sites (N-methyl/N-ethyl adjacent to an activating group) is 1. The predicted octanol–water partition coefficient (Wildman–Crippen LogP) is 0.396. The molecule has 4 nitrogen and oxygen atoms in total. The van der Waals surface area contributed by atoms with Gasteiger partial charge >= 0.3 is 0 Å². The topological polar surface area (TPSA) is 35.6 Å². The summed E-state index contributed by atoms with van der Waals surface area (Å²) in [6, 6.07) is 0. The zero-order valence-corrected chi connectivity index (χ0v) is 10.8. The second-order valence-electron chi connectivity index (χ2n) is 5.03. The molecule has 0 aromatic rings. The molecule has 4 heteroatoms. The standard InChI is InChI=1S/C12H25N3O/c1-11(16)13-10-12-4-6-15(7-5-12)9-8-14(2)3/h12H,4-10H2,1-3H3,(H,13,16). The van der Waals surface area contributed by atoms with Crippen LogP contribution in [-0.4, -0.2) is 62.5 Å². The maximum absolute atomic E-state index is 10.8. The summed E-state index contributed by atoms with van der Waals surface area (Å²) in [5, 5.41) is 2.91. The molecule has 0 bridgehead atoms. The van der Waals surface area contributed by atoms with Gasteiger partial charge < -0.3 is 15.1 Å². The molecule has 94 valence electrons. The van der Waals surface area contributed by atoms with Crippen molar-refractivity contribution in [1.29, 1.82) is 0 Å². The highest BCUT2D eigenvalue weighted by Crippen LogP contribution is 2.15. The number of carbonyl (C=O) groups excluding carboxylic acids is 1. The molecule has 0 atom stereocenters. The van der Waals surface area contributed by atoms with Crippen molar-refractivity contribution >= 4 is 5.91 Å². The number of nitrogens with one attached hydrogen (secondary N) is 1. The Morgan fingerprint density at radius 2 is 2.00 bits per heavy atom. The van der Waals surface area contributed by atoms with Crippen LogP contribution in [0.25, 0.3) is 0 Å². The molecule has 1 saturated heterocycles. The molecule has 1 N–H and O–H groups in total. The monoisotopic (exact) mass is 227 g/mol. The van der Waals surface area contributed by atoms with Gasteiger partial charge in [0.25, 0.3) is 0 Å². The van der Waals surface area contributed by atoms with E-state index in [1.54, 1.807) is 6.92 Å². The van der Waals surface area contributed by atoms with Crippen LogP contribution in [-0.2, 0) is 4.79 Å². The Bertz CT molecular complexity index is 210. The van der Waals surface area contributed by atoms with Crippen molar-refractivity contribution in [3.8, 4) is 0 Å². The summed E-state index contributed by atoms with van der Waals surface area (Å²) in [6.07, 6.45) is 2.43. The lowest BCUT2D eigenvalue weighted by atomic mass is 9.97. The van der Waals surface area contributed by atoms with Gasteiger partial charge in [-0.2, -0.15) is 0 Å². The van der Waals surface area contributed by atoms with E-state index in [1.165, 1.54) is 32.5 Å². The smallest absolute Gasteiger partial charge is 0.216 e. The van der Waals surface area contributed by atoms with Crippen molar-refractivity contribution in [3.63, 3.8) is 0 Å². The van der Waals surface area contributed by atoms with Gasteiger partial charge in [-0.25, -0.2) is 0 Å². The van der Waals surface area contributed by atoms with Crippen LogP contribution in [0.5, 0.6) is 0 Å². The maximum Gasteiger partial charge on any atom is 0.216 e. The van der Waals surface area contributed by atoms with Crippen molar-refractivity contribution in [1.82, 2.24) is 15.1 Å². The molecule has 0 unspecified atom stereocenters. The van der Waals surface area contributed by atoms with E-state index < -0.39 is 0 Å². The highest BCUT2D eigenvalue weighted by Gasteiger charge is 2.18. The van der Waals surface area contributed by atoms with Crippen LogP contribution >= 0.6 is 0 Å². The van der Waals surface area contributed by atoms with Crippen molar-refractivity contribution in [2.45, 2.75) is 19.8 Å². The lowest BCUT2D eigenvalue weighted by Gasteiger charge is -2.32. The van der Waals surface area contributed by atoms with Gasteiger partial charge in [-0.3, -0.25) is 4.79 Å². The number of hydrogen-bond donors (Lipinski definition) is 1. The first-order chi connectivity index (χ1) is 7.58. The Kier molecular flexibility index (Phi) is 5.77. The summed E-state index contributed by atoms with van der Waals surface area (Å²) in [7, 11) is 4.23. The summed E-state index contributed by atoms with van der Waals surface area (Å²) < 4.78 is 0. The number of hydrogen-bond acceptors (Lipinski definition) is 3. The lowest BCUT2D eigenvalue weighted by Crippen LogP contribution is -2.40. The zero-order valence-electron chi connectivity index (χ0n) is 10.8. The Morgan fingerprint density at radius 3 is 2.50 bits per heavy atom. The van der Waals surface area contributed by atoms with Gasteiger partial charge in [0.05, 0.1) is 0 Å². The minimum Gasteiger partial charge on any atom is -0.356 e. The second-order valence-corrected chi connectivity index (χ2v) is 5.03. The summed E-state index contributed by atoms with van der Waals surface area (Å²) in [6.45, 7) is 7.11. The number of nitrogens with zero attached hydrogens (tertiary/aromatic N) is 2. The van der Waals surface area contributed by atoms with Crippen LogP contribution in [0.3, 0.4) is 0 Å². The zero-order chi connectivity index (χ0) is 12.0. The average Bonchev–Trinajstić information content (AvgIpc) is 2.25. The normalized spacial score (nSPS) is 19.0. The minimum atomic E-state index is 0.0926. The van der Waals surface area contributed by atoms with Gasteiger partial charge in [0.2, 0.25) is 5.91 Å². The quantitative estimate of drug-likeness (QED) is 0.738. The van der Waals surface area contributed by atoms with E-state index in [2.05, 4.69) is 29.2 Å². The summed E-state index contributed by atoms with van der Waals surface area (Å²) in [5.74, 6) is 0.773. The van der Waals surface area contributed by atoms with Crippen LogP contribution < -0.4 is 5.32 Å². The van der Waals surface area contributed by atoms with E-state index in [1.807, 2.05) is 0 Å². The molecule has 1 fully saturated rings. The highest BCUT2D eigenvalue weighted by atomic mass is 16.1. The summed E-state index contributed by atoms with van der Waals surface area (Å²) in [5.41, 5.74) is 0. The Balaban J connectivity index is 2.11. The molecule has 0 spiro atoms. The van der Waals surface area contributed by atoms with Crippen LogP contribution in [0, 0.1) is 5.92 Å². The number of likely N-dealkylation sites (tertiary alicyclic amines) is 1. The molecular formula is C12H25N3O. The van der Waals surface area contributed by atoms with E-state index in [0.717, 1.165) is 13.1 Å². The third-order valence-corrected chi connectivity index (χ3v) is 3.21. The van der Waals surface area contributed by atoms with E-state index in [-0.39, 0.29) is 5.91 Å². The van der Waals surface area contributed by atoms with Gasteiger partial charge in [0, 0.05) is 26.6 Å². The van der Waals surface area contributed by atoms with Gasteiger partial charge in [-0.15, -0.1) is 0 Å². The first-order valence-corrected chi connectivity index (χ1v) is 6.19. The van der Waals surface area contributed by atoms with Gasteiger partial charge in [-0.1, -0.05) is 0 Å². The van der Waals surface area contributed by atoms with Gasteiger partial charge in [0.1, 0.15) is 0 Å². The first kappa shape index (κ1) is 13.5. The molecule has 0 aromatic carbocycles. The van der Waals surface area contributed by atoms with E-state index >= 15 is 0 Å². The predicted molar refractivity (Wildman–Crippen MR) is 66.4 cm³/mol. The molecule has 0 radical (unpaired) electrons. The first-order valence-electron chi connectivity index (χ1n) is 6.19. The maximum atomic E-state index is 10.8. The molecule has 16 heavy (non-hydrogen) atoms. The molecule has 0 aromatic heterocycles. The molecule has 1 heterocycles. The Morgan fingerprint density at radius 1 is 1.38 bits per heavy atom. The summed E-state index contributed by atoms with van der Waals surface area (Å²) in [4.78, 5) is 15.5. The Labute approximate surface area is 99.0 Å². The fourth-order valence-corrected chi connectivity index (χ4v) is 2.04. The largest absolute Gasteiger partial charge is 0.356 e. The van der Waals surface area contributed by atoms with Crippen molar-refractivity contribution in [2.24, 2.45) is 5.92 Å². The van der Waals surface area contributed by atoms with E-state index in [4.69, 9.17) is 0 Å². The molecule has 1 aliphatic rings. The highest BCUT2D eigenvalue weighted by molar-refractivity contribution is 5.72. The van der Waals surface area contributed by atoms with E-state index in [0.29, 0.717) is 5.92 Å². The lowest BCUT2D eigenvalue weighted by molar-refractivity contribution is -0.119. The van der Waals surface area contributed by atoms with Crippen LogP contribution in [0.2, 0.25) is 0 Å². The molecule has 1 aliphatic heterocycles. The number of carbonyl (C=O) groups is 1. The summed E-state index contributed by atoms with van der Waals surface area (Å²) >= 11 is 0. The SMILES string of the molecule is CC(=O)NCC1CCN(CCN(C)C)CC1. The molecule has 1 amide bonds. The molecule has 0 saturated carbocycles. The van der Waals surface area contributed by atoms with Gasteiger partial charge in [-0.05, 0) is 45.9 Å². The van der Waals surface area contributed by atoms with Gasteiger partial charge in [0.15, 0.2) is 0 Å². The second kappa shape index (κ2) is 6.86.